The molecular formula is C24H22Cl2N2O3. The number of amides is 1. The molecule has 0 spiro atoms. The van der Waals surface area contributed by atoms with Crippen LogP contribution in [0.5, 0.6) is 11.5 Å². The molecule has 1 N–H and O–H groups in total. The quantitative estimate of drug-likeness (QED) is 0.331. The Bertz CT molecular complexity index is 1100. The monoisotopic (exact) mass is 456 g/mol. The first-order valence-corrected chi connectivity index (χ1v) is 10.5. The van der Waals surface area contributed by atoms with Crippen LogP contribution in [0.3, 0.4) is 0 Å². The van der Waals surface area contributed by atoms with Crippen molar-refractivity contribution >= 4 is 35.3 Å². The third-order valence-corrected chi connectivity index (χ3v) is 5.01. The summed E-state index contributed by atoms with van der Waals surface area (Å²) in [7, 11) is 0. The van der Waals surface area contributed by atoms with Crippen LogP contribution in [0.4, 0.5) is 0 Å². The molecule has 0 aromatic heterocycles. The van der Waals surface area contributed by atoms with Crippen molar-refractivity contribution in [2.45, 2.75) is 20.5 Å². The lowest BCUT2D eigenvalue weighted by molar-refractivity contribution is 0.0955. The van der Waals surface area contributed by atoms with E-state index < -0.39 is 0 Å². The molecule has 3 aromatic rings. The smallest absolute Gasteiger partial charge is 0.271 e. The second-order valence-corrected chi connectivity index (χ2v) is 7.56. The highest BCUT2D eigenvalue weighted by molar-refractivity contribution is 6.31. The average Bonchev–Trinajstić information content (AvgIpc) is 2.75. The lowest BCUT2D eigenvalue weighted by Crippen LogP contribution is -2.17. The number of aryl methyl sites for hydroxylation is 1. The third kappa shape index (κ3) is 6.48. The third-order valence-electron chi connectivity index (χ3n) is 4.36. The van der Waals surface area contributed by atoms with E-state index in [1.165, 1.54) is 6.21 Å². The average molecular weight is 457 g/mol. The van der Waals surface area contributed by atoms with Crippen LogP contribution in [0.2, 0.25) is 10.0 Å². The molecule has 0 aliphatic rings. The highest BCUT2D eigenvalue weighted by Gasteiger charge is 2.08. The Balaban J connectivity index is 1.66. The summed E-state index contributed by atoms with van der Waals surface area (Å²) in [6.45, 7) is 4.62. The normalized spacial score (nSPS) is 10.8. The maximum absolute atomic E-state index is 12.2. The van der Waals surface area contributed by atoms with Gasteiger partial charge in [0, 0.05) is 15.6 Å². The van der Waals surface area contributed by atoms with E-state index in [1.807, 2.05) is 44.2 Å². The van der Waals surface area contributed by atoms with Gasteiger partial charge in [0.25, 0.3) is 5.91 Å². The lowest BCUT2D eigenvalue weighted by atomic mass is 10.1. The van der Waals surface area contributed by atoms with Gasteiger partial charge in [0.1, 0.15) is 6.61 Å². The topological polar surface area (TPSA) is 59.9 Å². The first-order valence-electron chi connectivity index (χ1n) is 9.70. The van der Waals surface area contributed by atoms with E-state index in [2.05, 4.69) is 10.5 Å². The minimum Gasteiger partial charge on any atom is -0.490 e. The highest BCUT2D eigenvalue weighted by Crippen LogP contribution is 2.29. The van der Waals surface area contributed by atoms with Gasteiger partial charge in [0.05, 0.1) is 12.8 Å². The van der Waals surface area contributed by atoms with Gasteiger partial charge in [-0.25, -0.2) is 5.43 Å². The van der Waals surface area contributed by atoms with Gasteiger partial charge in [-0.15, -0.1) is 0 Å². The van der Waals surface area contributed by atoms with Crippen LogP contribution in [-0.2, 0) is 6.61 Å². The number of benzene rings is 3. The molecule has 0 saturated carbocycles. The maximum Gasteiger partial charge on any atom is 0.271 e. The molecule has 0 fully saturated rings. The van der Waals surface area contributed by atoms with Crippen LogP contribution in [0.25, 0.3) is 0 Å². The summed E-state index contributed by atoms with van der Waals surface area (Å²) in [5.41, 5.74) is 5.55. The number of ether oxygens (including phenoxy) is 2. The fraction of sp³-hybridized carbons (Fsp3) is 0.167. The Morgan fingerprint density at radius 1 is 1.03 bits per heavy atom. The zero-order chi connectivity index (χ0) is 22.2. The van der Waals surface area contributed by atoms with E-state index >= 15 is 0 Å². The lowest BCUT2D eigenvalue weighted by Gasteiger charge is -2.12. The molecule has 160 valence electrons. The summed E-state index contributed by atoms with van der Waals surface area (Å²) >= 11 is 12.1. The van der Waals surface area contributed by atoms with Crippen molar-refractivity contribution in [3.63, 3.8) is 0 Å². The number of halogens is 2. The molecule has 0 aliphatic carbocycles. The number of nitrogens with one attached hydrogen (secondary N) is 1. The zero-order valence-corrected chi connectivity index (χ0v) is 18.7. The molecule has 5 nitrogen and oxygen atoms in total. The van der Waals surface area contributed by atoms with Crippen LogP contribution in [0.15, 0.2) is 65.8 Å². The number of carbonyl (C=O) groups is 1. The molecule has 0 radical (unpaired) electrons. The molecule has 0 atom stereocenters. The molecule has 0 aliphatic heterocycles. The van der Waals surface area contributed by atoms with E-state index in [1.54, 1.807) is 30.3 Å². The molecule has 7 heteroatoms. The molecule has 0 bridgehead atoms. The van der Waals surface area contributed by atoms with Crippen LogP contribution < -0.4 is 14.9 Å². The van der Waals surface area contributed by atoms with Gasteiger partial charge >= 0.3 is 0 Å². The summed E-state index contributed by atoms with van der Waals surface area (Å²) in [4.78, 5) is 12.2. The highest BCUT2D eigenvalue weighted by atomic mass is 35.5. The Morgan fingerprint density at radius 3 is 2.61 bits per heavy atom. The van der Waals surface area contributed by atoms with Crippen LogP contribution in [0.1, 0.15) is 34.0 Å². The molecule has 31 heavy (non-hydrogen) atoms. The summed E-state index contributed by atoms with van der Waals surface area (Å²) in [6.07, 6.45) is 1.54. The largest absolute Gasteiger partial charge is 0.490 e. The van der Waals surface area contributed by atoms with Gasteiger partial charge in [0.2, 0.25) is 0 Å². The van der Waals surface area contributed by atoms with Crippen molar-refractivity contribution in [3.05, 3.63) is 93.0 Å². The summed E-state index contributed by atoms with van der Waals surface area (Å²) in [5.74, 6) is 0.854. The first-order chi connectivity index (χ1) is 15.0. The van der Waals surface area contributed by atoms with Crippen molar-refractivity contribution < 1.29 is 14.3 Å². The maximum atomic E-state index is 12.2. The van der Waals surface area contributed by atoms with Crippen LogP contribution >= 0.6 is 23.2 Å². The Hall–Kier alpha value is -3.02. The van der Waals surface area contributed by atoms with Gasteiger partial charge < -0.3 is 9.47 Å². The van der Waals surface area contributed by atoms with Gasteiger partial charge in [-0.2, -0.15) is 5.10 Å². The molecule has 0 saturated heterocycles. The number of rotatable bonds is 8. The van der Waals surface area contributed by atoms with Crippen molar-refractivity contribution in [1.29, 1.82) is 0 Å². The van der Waals surface area contributed by atoms with Gasteiger partial charge in [-0.3, -0.25) is 4.79 Å². The van der Waals surface area contributed by atoms with Gasteiger partial charge in [-0.1, -0.05) is 41.4 Å². The van der Waals surface area contributed by atoms with Crippen molar-refractivity contribution in [2.24, 2.45) is 5.10 Å². The number of nitrogens with zero attached hydrogens (tertiary/aromatic N) is 1. The number of hydrazone groups is 1. The number of carbonyl (C=O) groups excluding carboxylic acids is 1. The summed E-state index contributed by atoms with van der Waals surface area (Å²) in [5, 5.41) is 5.22. The summed E-state index contributed by atoms with van der Waals surface area (Å²) in [6, 6.07) is 18.0. The first kappa shape index (κ1) is 22.7. The molecule has 1 amide bonds. The van der Waals surface area contributed by atoms with Crippen molar-refractivity contribution in [3.8, 4) is 11.5 Å². The Labute approximate surface area is 191 Å². The fourth-order valence-corrected chi connectivity index (χ4v) is 3.14. The fourth-order valence-electron chi connectivity index (χ4n) is 2.74. The van der Waals surface area contributed by atoms with E-state index in [4.69, 9.17) is 32.7 Å². The Morgan fingerprint density at radius 2 is 1.87 bits per heavy atom. The van der Waals surface area contributed by atoms with Gasteiger partial charge in [-0.05, 0) is 73.0 Å². The Kier molecular flexibility index (Phi) is 7.93. The van der Waals surface area contributed by atoms with E-state index in [-0.39, 0.29) is 5.91 Å². The van der Waals surface area contributed by atoms with Crippen LogP contribution in [-0.4, -0.2) is 18.7 Å². The van der Waals surface area contributed by atoms with E-state index in [0.717, 1.165) is 16.7 Å². The molecule has 0 heterocycles. The minimum absolute atomic E-state index is 0.343. The number of hydrogen-bond donors (Lipinski definition) is 1. The predicted octanol–water partition coefficient (Wildman–Crippen LogP) is 6.04. The molecular weight excluding hydrogens is 435 g/mol. The van der Waals surface area contributed by atoms with Gasteiger partial charge in [0.15, 0.2) is 11.5 Å². The second-order valence-electron chi connectivity index (χ2n) is 6.72. The van der Waals surface area contributed by atoms with Crippen LogP contribution in [0, 0.1) is 6.92 Å². The minimum atomic E-state index is -0.343. The zero-order valence-electron chi connectivity index (χ0n) is 17.2. The van der Waals surface area contributed by atoms with Crippen molar-refractivity contribution in [1.82, 2.24) is 5.43 Å². The SMILES string of the molecule is CCOc1cc(/C=N\NC(=O)c2ccc(C)c(Cl)c2)ccc1OCc1cccc(Cl)c1. The van der Waals surface area contributed by atoms with Crippen molar-refractivity contribution in [2.75, 3.05) is 6.61 Å². The van der Waals surface area contributed by atoms with E-state index in [9.17, 15) is 4.79 Å². The standard InChI is InChI=1S/C24H22Cl2N2O3/c1-3-30-23-12-17(8-10-22(23)31-15-18-5-4-6-20(25)11-18)14-27-28-24(29)19-9-7-16(2)21(26)13-19/h4-14H,3,15H2,1-2H3,(H,28,29)/b27-14-. The second kappa shape index (κ2) is 10.8. The predicted molar refractivity (Wildman–Crippen MR) is 125 cm³/mol. The van der Waals surface area contributed by atoms with E-state index in [0.29, 0.717) is 40.3 Å². The summed E-state index contributed by atoms with van der Waals surface area (Å²) < 4.78 is 11.6. The number of hydrogen-bond acceptors (Lipinski definition) is 4. The molecule has 0 unspecified atom stereocenters. The molecule has 3 aromatic carbocycles. The molecule has 3 rings (SSSR count).